The summed E-state index contributed by atoms with van der Waals surface area (Å²) in [5, 5.41) is 13.3. The van der Waals surface area contributed by atoms with Gasteiger partial charge in [0.2, 0.25) is 0 Å². The Morgan fingerprint density at radius 1 is 1.05 bits per heavy atom. The van der Waals surface area contributed by atoms with Crippen LogP contribution in [0.5, 0.6) is 0 Å². The quantitative estimate of drug-likeness (QED) is 0.566. The lowest BCUT2D eigenvalue weighted by Gasteiger charge is -2.10. The smallest absolute Gasteiger partial charge is 0.293 e. The minimum Gasteiger partial charge on any atom is -0.345 e. The molecule has 0 atom stereocenters. The van der Waals surface area contributed by atoms with E-state index in [-0.39, 0.29) is 15.8 Å². The van der Waals surface area contributed by atoms with Gasteiger partial charge in [0.25, 0.3) is 5.69 Å². The van der Waals surface area contributed by atoms with Gasteiger partial charge < -0.3 is 5.32 Å². The number of benzene rings is 2. The van der Waals surface area contributed by atoms with Crippen molar-refractivity contribution in [2.45, 2.75) is 0 Å². The molecule has 0 amide bonds. The van der Waals surface area contributed by atoms with Crippen molar-refractivity contribution < 1.29 is 13.7 Å². The van der Waals surface area contributed by atoms with Gasteiger partial charge >= 0.3 is 0 Å². The maximum absolute atomic E-state index is 13.7. The molecule has 0 aliphatic heterocycles. The summed E-state index contributed by atoms with van der Waals surface area (Å²) in [7, 11) is 0. The zero-order valence-electron chi connectivity index (χ0n) is 9.66. The fourth-order valence-electron chi connectivity index (χ4n) is 1.56. The average molecular weight is 408 g/mol. The van der Waals surface area contributed by atoms with Crippen molar-refractivity contribution in [3.8, 4) is 0 Å². The van der Waals surface area contributed by atoms with Crippen LogP contribution in [0.1, 0.15) is 0 Å². The highest BCUT2D eigenvalue weighted by atomic mass is 79.9. The standard InChI is InChI=1S/C12H6Br2F2N2O2/c13-6-1-2-10(11(5-6)18(19)20)17-12-8(15)3-7(14)4-9(12)16/h1-5,17H. The van der Waals surface area contributed by atoms with Gasteiger partial charge in [0, 0.05) is 15.0 Å². The highest BCUT2D eigenvalue weighted by Crippen LogP contribution is 2.33. The van der Waals surface area contributed by atoms with Crippen molar-refractivity contribution in [1.29, 1.82) is 0 Å². The summed E-state index contributed by atoms with van der Waals surface area (Å²) in [6, 6.07) is 6.27. The zero-order valence-corrected chi connectivity index (χ0v) is 12.8. The molecular weight excluding hydrogens is 402 g/mol. The van der Waals surface area contributed by atoms with Crippen molar-refractivity contribution in [3.05, 3.63) is 61.0 Å². The second-order valence-corrected chi connectivity index (χ2v) is 5.62. The molecule has 4 nitrogen and oxygen atoms in total. The molecule has 20 heavy (non-hydrogen) atoms. The van der Waals surface area contributed by atoms with E-state index in [4.69, 9.17) is 0 Å². The van der Waals surface area contributed by atoms with Crippen molar-refractivity contribution in [2.24, 2.45) is 0 Å². The van der Waals surface area contributed by atoms with Crippen molar-refractivity contribution >= 4 is 48.9 Å². The van der Waals surface area contributed by atoms with Crippen LogP contribution in [0.4, 0.5) is 25.8 Å². The number of nitrogens with zero attached hydrogens (tertiary/aromatic N) is 1. The maximum atomic E-state index is 13.7. The van der Waals surface area contributed by atoms with E-state index in [0.717, 1.165) is 12.1 Å². The lowest BCUT2D eigenvalue weighted by Crippen LogP contribution is -2.01. The molecule has 2 aromatic rings. The fourth-order valence-corrected chi connectivity index (χ4v) is 2.31. The minimum atomic E-state index is -0.853. The molecule has 0 saturated heterocycles. The molecule has 2 rings (SSSR count). The maximum Gasteiger partial charge on any atom is 0.293 e. The molecule has 0 unspecified atom stereocenters. The molecule has 104 valence electrons. The van der Waals surface area contributed by atoms with Crippen molar-refractivity contribution in [3.63, 3.8) is 0 Å². The Morgan fingerprint density at radius 3 is 2.20 bits per heavy atom. The second-order valence-electron chi connectivity index (χ2n) is 3.79. The Balaban J connectivity index is 2.48. The molecule has 0 heterocycles. The van der Waals surface area contributed by atoms with Gasteiger partial charge in [0.05, 0.1) is 4.92 Å². The van der Waals surface area contributed by atoms with Gasteiger partial charge in [-0.1, -0.05) is 31.9 Å². The average Bonchev–Trinajstić information content (AvgIpc) is 2.34. The number of hydrogen-bond donors (Lipinski definition) is 1. The third-order valence-corrected chi connectivity index (χ3v) is 3.37. The third kappa shape index (κ3) is 3.13. The number of nitro benzene ring substituents is 1. The van der Waals surface area contributed by atoms with Crippen LogP contribution in [-0.4, -0.2) is 4.92 Å². The normalized spacial score (nSPS) is 10.4. The van der Waals surface area contributed by atoms with E-state index in [1.54, 1.807) is 0 Å². The van der Waals surface area contributed by atoms with Gasteiger partial charge in [0.1, 0.15) is 11.4 Å². The Hall–Kier alpha value is -1.54. The Kier molecular flexibility index (Phi) is 4.34. The number of hydrogen-bond acceptors (Lipinski definition) is 3. The SMILES string of the molecule is O=[N+]([O-])c1cc(Br)ccc1Nc1c(F)cc(Br)cc1F. The highest BCUT2D eigenvalue weighted by molar-refractivity contribution is 9.10. The van der Waals surface area contributed by atoms with Crippen molar-refractivity contribution in [2.75, 3.05) is 5.32 Å². The first kappa shape index (κ1) is 14.9. The van der Waals surface area contributed by atoms with Crippen LogP contribution >= 0.6 is 31.9 Å². The largest absolute Gasteiger partial charge is 0.345 e. The number of nitro groups is 1. The van der Waals surface area contributed by atoms with Crippen LogP contribution in [0, 0.1) is 21.7 Å². The number of anilines is 2. The van der Waals surface area contributed by atoms with E-state index in [1.165, 1.54) is 18.2 Å². The molecule has 2 aromatic carbocycles. The van der Waals surface area contributed by atoms with Gasteiger partial charge in [-0.25, -0.2) is 8.78 Å². The molecule has 0 bridgehead atoms. The molecule has 0 aliphatic carbocycles. The first-order valence-corrected chi connectivity index (χ1v) is 6.82. The van der Waals surface area contributed by atoms with Gasteiger partial charge in [-0.2, -0.15) is 0 Å². The van der Waals surface area contributed by atoms with E-state index in [0.29, 0.717) is 4.47 Å². The van der Waals surface area contributed by atoms with Crippen LogP contribution in [0.15, 0.2) is 39.3 Å². The molecule has 8 heteroatoms. The highest BCUT2D eigenvalue weighted by Gasteiger charge is 2.18. The van der Waals surface area contributed by atoms with Crippen molar-refractivity contribution in [1.82, 2.24) is 0 Å². The van der Waals surface area contributed by atoms with E-state index in [1.807, 2.05) is 0 Å². The third-order valence-electron chi connectivity index (χ3n) is 2.42. The predicted octanol–water partition coefficient (Wildman–Crippen LogP) is 5.14. The Morgan fingerprint density at radius 2 is 1.65 bits per heavy atom. The molecule has 1 N–H and O–H groups in total. The van der Waals surface area contributed by atoms with Crippen LogP contribution in [-0.2, 0) is 0 Å². The first-order chi connectivity index (χ1) is 9.38. The number of rotatable bonds is 3. The molecule has 0 radical (unpaired) electrons. The summed E-state index contributed by atoms with van der Waals surface area (Å²) in [6.45, 7) is 0. The van der Waals surface area contributed by atoms with Gasteiger partial charge in [-0.3, -0.25) is 10.1 Å². The molecule has 0 aromatic heterocycles. The summed E-state index contributed by atoms with van der Waals surface area (Å²) >= 11 is 6.06. The number of nitrogens with one attached hydrogen (secondary N) is 1. The van der Waals surface area contributed by atoms with E-state index >= 15 is 0 Å². The van der Waals surface area contributed by atoms with Gasteiger partial charge in [-0.05, 0) is 24.3 Å². The molecule has 0 saturated carbocycles. The van der Waals surface area contributed by atoms with E-state index < -0.39 is 22.2 Å². The summed E-state index contributed by atoms with van der Waals surface area (Å²) in [5.74, 6) is -1.71. The first-order valence-electron chi connectivity index (χ1n) is 5.24. The lowest BCUT2D eigenvalue weighted by atomic mass is 10.2. The van der Waals surface area contributed by atoms with Crippen LogP contribution in [0.2, 0.25) is 0 Å². The minimum absolute atomic E-state index is 0.00155. The topological polar surface area (TPSA) is 55.2 Å². The summed E-state index contributed by atoms with van der Waals surface area (Å²) in [5.41, 5.74) is -0.738. The lowest BCUT2D eigenvalue weighted by molar-refractivity contribution is -0.384. The second kappa shape index (κ2) is 5.84. The van der Waals surface area contributed by atoms with Gasteiger partial charge in [0.15, 0.2) is 11.6 Å². The predicted molar refractivity (Wildman–Crippen MR) is 78.1 cm³/mol. The van der Waals surface area contributed by atoms with E-state index in [2.05, 4.69) is 37.2 Å². The summed E-state index contributed by atoms with van der Waals surface area (Å²) in [4.78, 5) is 10.3. The number of halogens is 4. The van der Waals surface area contributed by atoms with Crippen LogP contribution in [0.25, 0.3) is 0 Å². The van der Waals surface area contributed by atoms with Crippen LogP contribution < -0.4 is 5.32 Å². The van der Waals surface area contributed by atoms with E-state index in [9.17, 15) is 18.9 Å². The molecule has 0 fully saturated rings. The van der Waals surface area contributed by atoms with Gasteiger partial charge in [-0.15, -0.1) is 0 Å². The van der Waals surface area contributed by atoms with Crippen LogP contribution in [0.3, 0.4) is 0 Å². The Bertz CT molecular complexity index is 672. The fraction of sp³-hybridized carbons (Fsp3) is 0. The summed E-state index contributed by atoms with van der Waals surface area (Å²) in [6.07, 6.45) is 0. The zero-order chi connectivity index (χ0) is 14.9. The monoisotopic (exact) mass is 406 g/mol. The molecule has 0 aliphatic rings. The molecule has 0 spiro atoms. The molecular formula is C12H6Br2F2N2O2. The Labute approximate surface area is 129 Å². The summed E-state index contributed by atoms with van der Waals surface area (Å²) < 4.78 is 28.1.